The normalized spacial score (nSPS) is 15.1. The molecule has 0 saturated heterocycles. The van der Waals surface area contributed by atoms with Gasteiger partial charge in [-0.1, -0.05) is 6.07 Å². The Morgan fingerprint density at radius 1 is 1.26 bits per heavy atom. The largest absolute Gasteiger partial charge is 0.395 e. The van der Waals surface area contributed by atoms with Crippen LogP contribution in [0.1, 0.15) is 5.56 Å². The number of benzene rings is 1. The van der Waals surface area contributed by atoms with Crippen LogP contribution >= 0.6 is 0 Å². The second-order valence-corrected chi connectivity index (χ2v) is 6.74. The van der Waals surface area contributed by atoms with E-state index in [0.29, 0.717) is 11.3 Å². The molecule has 0 spiro atoms. The zero-order valence-electron chi connectivity index (χ0n) is 12.7. The van der Waals surface area contributed by atoms with Crippen molar-refractivity contribution < 1.29 is 23.1 Å². The van der Waals surface area contributed by atoms with Gasteiger partial charge >= 0.3 is 0 Å². The molecule has 2 amide bonds. The molecule has 0 unspecified atom stereocenters. The highest BCUT2D eigenvalue weighted by molar-refractivity contribution is 7.89. The van der Waals surface area contributed by atoms with Crippen molar-refractivity contribution >= 4 is 27.5 Å². The van der Waals surface area contributed by atoms with Crippen LogP contribution in [-0.4, -0.2) is 50.4 Å². The second-order valence-electron chi connectivity index (χ2n) is 4.89. The van der Waals surface area contributed by atoms with Crippen LogP contribution in [0, 0.1) is 6.92 Å². The minimum Gasteiger partial charge on any atom is -0.395 e. The molecule has 0 aliphatic carbocycles. The third-order valence-corrected chi connectivity index (χ3v) is 4.91. The van der Waals surface area contributed by atoms with E-state index in [2.05, 4.69) is 10.0 Å². The minimum atomic E-state index is -3.63. The number of aryl methyl sites for hydroxylation is 1. The maximum atomic E-state index is 12.0. The van der Waals surface area contributed by atoms with Crippen molar-refractivity contribution in [2.24, 2.45) is 0 Å². The van der Waals surface area contributed by atoms with Gasteiger partial charge in [0, 0.05) is 11.8 Å². The number of aliphatic hydroxyl groups excluding tert-OH is 1. The molecule has 124 valence electrons. The summed E-state index contributed by atoms with van der Waals surface area (Å²) in [5, 5.41) is 11.6. The number of β-amino-alcohol motifs (C(OH)–C–C–N with tert-alkyl or cyclic N) is 1. The highest BCUT2D eigenvalue weighted by Gasteiger charge is 2.30. The lowest BCUT2D eigenvalue weighted by atomic mass is 10.2. The number of hydrogen-bond donors (Lipinski definition) is 3. The van der Waals surface area contributed by atoms with Gasteiger partial charge < -0.3 is 10.4 Å². The van der Waals surface area contributed by atoms with Crippen LogP contribution in [0.25, 0.3) is 0 Å². The number of carbonyl (C=O) groups is 2. The zero-order chi connectivity index (χ0) is 17.2. The quantitative estimate of drug-likeness (QED) is 0.605. The molecule has 1 aliphatic heterocycles. The van der Waals surface area contributed by atoms with Gasteiger partial charge in [-0.15, -0.1) is 0 Å². The van der Waals surface area contributed by atoms with Crippen LogP contribution in [0.4, 0.5) is 5.69 Å². The number of aliphatic hydroxyl groups is 1. The molecule has 0 fully saturated rings. The Kier molecular flexibility index (Phi) is 4.83. The number of rotatable bonds is 6. The molecule has 0 saturated carbocycles. The highest BCUT2D eigenvalue weighted by atomic mass is 32.2. The molecule has 1 aromatic carbocycles. The van der Waals surface area contributed by atoms with E-state index in [9.17, 15) is 18.0 Å². The Hall–Kier alpha value is -2.23. The lowest BCUT2D eigenvalue weighted by Crippen LogP contribution is -2.34. The summed E-state index contributed by atoms with van der Waals surface area (Å²) in [6.45, 7) is 1.24. The van der Waals surface area contributed by atoms with Crippen molar-refractivity contribution in [2.45, 2.75) is 11.8 Å². The lowest BCUT2D eigenvalue weighted by molar-refractivity contribution is -0.137. The Labute approximate surface area is 133 Å². The van der Waals surface area contributed by atoms with Gasteiger partial charge in [0.2, 0.25) is 10.0 Å². The van der Waals surface area contributed by atoms with Crippen molar-refractivity contribution in [3.05, 3.63) is 35.5 Å². The van der Waals surface area contributed by atoms with E-state index in [0.717, 1.165) is 11.0 Å². The van der Waals surface area contributed by atoms with Crippen LogP contribution < -0.4 is 10.0 Å². The van der Waals surface area contributed by atoms with Gasteiger partial charge in [-0.25, -0.2) is 13.1 Å². The Balaban J connectivity index is 2.29. The number of amides is 2. The summed E-state index contributed by atoms with van der Waals surface area (Å²) in [6.07, 6.45) is 1.12. The molecule has 8 nitrogen and oxygen atoms in total. The number of sulfonamides is 1. The zero-order valence-corrected chi connectivity index (χ0v) is 13.5. The molecular formula is C14H17N3O5S. The predicted molar refractivity (Wildman–Crippen MR) is 82.9 cm³/mol. The number of anilines is 1. The summed E-state index contributed by atoms with van der Waals surface area (Å²) in [7, 11) is -2.32. The molecular weight excluding hydrogens is 322 g/mol. The first-order valence-corrected chi connectivity index (χ1v) is 8.28. The van der Waals surface area contributed by atoms with Crippen LogP contribution in [0.15, 0.2) is 34.9 Å². The van der Waals surface area contributed by atoms with Crippen molar-refractivity contribution in [2.75, 3.05) is 25.5 Å². The summed E-state index contributed by atoms with van der Waals surface area (Å²) in [4.78, 5) is 24.7. The molecule has 9 heteroatoms. The van der Waals surface area contributed by atoms with E-state index in [1.165, 1.54) is 13.1 Å². The molecule has 1 aromatic rings. The van der Waals surface area contributed by atoms with Gasteiger partial charge in [0.25, 0.3) is 11.8 Å². The lowest BCUT2D eigenvalue weighted by Gasteiger charge is -2.14. The van der Waals surface area contributed by atoms with E-state index in [-0.39, 0.29) is 23.7 Å². The van der Waals surface area contributed by atoms with Crippen LogP contribution in [0.2, 0.25) is 0 Å². The van der Waals surface area contributed by atoms with Gasteiger partial charge in [-0.05, 0) is 31.7 Å². The molecule has 0 aromatic heterocycles. The number of nitrogens with one attached hydrogen (secondary N) is 2. The molecule has 23 heavy (non-hydrogen) atoms. The van der Waals surface area contributed by atoms with Crippen molar-refractivity contribution in [3.8, 4) is 0 Å². The van der Waals surface area contributed by atoms with Crippen molar-refractivity contribution in [1.82, 2.24) is 9.62 Å². The maximum absolute atomic E-state index is 12.0. The van der Waals surface area contributed by atoms with Gasteiger partial charge in [0.05, 0.1) is 18.0 Å². The van der Waals surface area contributed by atoms with Crippen molar-refractivity contribution in [3.63, 3.8) is 0 Å². The first kappa shape index (κ1) is 17.1. The monoisotopic (exact) mass is 339 g/mol. The van der Waals surface area contributed by atoms with E-state index in [1.807, 2.05) is 0 Å². The highest BCUT2D eigenvalue weighted by Crippen LogP contribution is 2.22. The van der Waals surface area contributed by atoms with Crippen LogP contribution in [-0.2, 0) is 19.6 Å². The summed E-state index contributed by atoms with van der Waals surface area (Å²) in [6, 6.07) is 4.59. The number of imide groups is 1. The fourth-order valence-electron chi connectivity index (χ4n) is 2.14. The topological polar surface area (TPSA) is 116 Å². The van der Waals surface area contributed by atoms with Gasteiger partial charge in [-0.3, -0.25) is 14.5 Å². The molecule has 0 radical (unpaired) electrons. The third-order valence-electron chi connectivity index (χ3n) is 3.36. The second kappa shape index (κ2) is 6.49. The Morgan fingerprint density at radius 2 is 1.96 bits per heavy atom. The molecule has 0 bridgehead atoms. The average molecular weight is 339 g/mol. The molecule has 3 N–H and O–H groups in total. The number of carbonyl (C=O) groups excluding carboxylic acids is 2. The number of hydrogen-bond acceptors (Lipinski definition) is 6. The first-order valence-electron chi connectivity index (χ1n) is 6.79. The summed E-state index contributed by atoms with van der Waals surface area (Å²) in [5.74, 6) is -1.09. The van der Waals surface area contributed by atoms with Crippen molar-refractivity contribution in [1.29, 1.82) is 0 Å². The first-order chi connectivity index (χ1) is 10.8. The molecule has 1 heterocycles. The van der Waals surface area contributed by atoms with E-state index >= 15 is 0 Å². The smallest absolute Gasteiger partial charge is 0.277 e. The number of nitrogens with zero attached hydrogens (tertiary/aromatic N) is 1. The van der Waals surface area contributed by atoms with Crippen LogP contribution in [0.3, 0.4) is 0 Å². The standard InChI is InChI=1S/C14H17N3O5S/c1-9-3-4-10(7-12(9)23(21,22)15-2)16-11-8-13(19)17(5-6-18)14(11)20/h3-4,7-8,15-16,18H,5-6H2,1-2H3. The third kappa shape index (κ3) is 3.41. The fourth-order valence-corrected chi connectivity index (χ4v) is 3.14. The Morgan fingerprint density at radius 3 is 2.57 bits per heavy atom. The molecule has 0 atom stereocenters. The maximum Gasteiger partial charge on any atom is 0.277 e. The summed E-state index contributed by atoms with van der Waals surface area (Å²) in [5.41, 5.74) is 0.942. The summed E-state index contributed by atoms with van der Waals surface area (Å²) >= 11 is 0. The fraction of sp³-hybridized carbons (Fsp3) is 0.286. The summed E-state index contributed by atoms with van der Waals surface area (Å²) < 4.78 is 26.1. The molecule has 2 rings (SSSR count). The van der Waals surface area contributed by atoms with Gasteiger partial charge in [0.15, 0.2) is 0 Å². The van der Waals surface area contributed by atoms with Gasteiger partial charge in [0.1, 0.15) is 5.70 Å². The molecule has 1 aliphatic rings. The average Bonchev–Trinajstić information content (AvgIpc) is 2.77. The predicted octanol–water partition coefficient (Wildman–Crippen LogP) is -0.440. The van der Waals surface area contributed by atoms with E-state index < -0.39 is 21.8 Å². The van der Waals surface area contributed by atoms with E-state index in [1.54, 1.807) is 19.1 Å². The van der Waals surface area contributed by atoms with Crippen LogP contribution in [0.5, 0.6) is 0 Å². The van der Waals surface area contributed by atoms with E-state index in [4.69, 9.17) is 5.11 Å². The SMILES string of the molecule is CNS(=O)(=O)c1cc(NC2=CC(=O)N(CCO)C2=O)ccc1C. The minimum absolute atomic E-state index is 0.0279. The Bertz CT molecular complexity index is 786. The van der Waals surface area contributed by atoms with Gasteiger partial charge in [-0.2, -0.15) is 0 Å².